The Kier molecular flexibility index (Phi) is 1.75. The zero-order valence-corrected chi connectivity index (χ0v) is 7.18. The van der Waals surface area contributed by atoms with Crippen molar-refractivity contribution in [2.75, 3.05) is 18.5 Å². The van der Waals surface area contributed by atoms with Crippen molar-refractivity contribution in [3.63, 3.8) is 0 Å². The van der Waals surface area contributed by atoms with Gasteiger partial charge in [-0.05, 0) is 36.6 Å². The fourth-order valence-corrected chi connectivity index (χ4v) is 1.75. The van der Waals surface area contributed by atoms with Crippen LogP contribution in [0.4, 0.5) is 10.1 Å². The molecule has 12 heavy (non-hydrogen) atoms. The van der Waals surface area contributed by atoms with Crippen LogP contribution in [0.3, 0.4) is 0 Å². The molecule has 1 aliphatic rings. The summed E-state index contributed by atoms with van der Waals surface area (Å²) in [7, 11) is 2.05. The molecule has 0 atom stereocenters. The van der Waals surface area contributed by atoms with Crippen LogP contribution < -0.4 is 4.90 Å². The van der Waals surface area contributed by atoms with Crippen LogP contribution in [0, 0.1) is 5.82 Å². The fourth-order valence-electron chi connectivity index (χ4n) is 1.75. The van der Waals surface area contributed by atoms with Crippen molar-refractivity contribution < 1.29 is 4.39 Å². The number of nitrogens with zero attached hydrogens (tertiary/aromatic N) is 1. The molecule has 0 aromatic heterocycles. The van der Waals surface area contributed by atoms with Crippen LogP contribution in [0.15, 0.2) is 18.2 Å². The van der Waals surface area contributed by atoms with Crippen molar-refractivity contribution in [1.29, 1.82) is 0 Å². The molecule has 0 N–H and O–H groups in total. The lowest BCUT2D eigenvalue weighted by Crippen LogP contribution is -2.24. The van der Waals surface area contributed by atoms with Crippen LogP contribution in [0.5, 0.6) is 0 Å². The Bertz CT molecular complexity index is 296. The molecular weight excluding hydrogens is 153 g/mol. The van der Waals surface area contributed by atoms with Gasteiger partial charge in [0.25, 0.3) is 0 Å². The third kappa shape index (κ3) is 1.17. The second-order valence-electron chi connectivity index (χ2n) is 3.30. The topological polar surface area (TPSA) is 3.24 Å². The first-order chi connectivity index (χ1) is 5.77. The Morgan fingerprint density at radius 2 is 2.25 bits per heavy atom. The summed E-state index contributed by atoms with van der Waals surface area (Å²) in [6, 6.07) is 5.04. The summed E-state index contributed by atoms with van der Waals surface area (Å²) < 4.78 is 12.8. The van der Waals surface area contributed by atoms with Crippen LogP contribution in [0.2, 0.25) is 0 Å². The molecule has 0 fully saturated rings. The zero-order chi connectivity index (χ0) is 8.55. The van der Waals surface area contributed by atoms with E-state index in [1.807, 2.05) is 6.07 Å². The molecular formula is C10H12FN. The van der Waals surface area contributed by atoms with Gasteiger partial charge < -0.3 is 4.90 Å². The zero-order valence-electron chi connectivity index (χ0n) is 7.18. The summed E-state index contributed by atoms with van der Waals surface area (Å²) in [6.07, 6.45) is 2.14. The van der Waals surface area contributed by atoms with Crippen LogP contribution >= 0.6 is 0 Å². The Hall–Kier alpha value is -1.05. The van der Waals surface area contributed by atoms with Gasteiger partial charge in [-0.25, -0.2) is 4.39 Å². The third-order valence-electron chi connectivity index (χ3n) is 2.39. The van der Waals surface area contributed by atoms with E-state index in [-0.39, 0.29) is 5.82 Å². The summed E-state index contributed by atoms with van der Waals surface area (Å²) in [6.45, 7) is 1.08. The number of benzene rings is 1. The highest BCUT2D eigenvalue weighted by molar-refractivity contribution is 5.54. The number of rotatable bonds is 0. The Balaban J connectivity index is 2.46. The maximum absolute atomic E-state index is 12.8. The van der Waals surface area contributed by atoms with Gasteiger partial charge in [0.05, 0.1) is 0 Å². The summed E-state index contributed by atoms with van der Waals surface area (Å²) >= 11 is 0. The molecule has 2 rings (SSSR count). The van der Waals surface area contributed by atoms with Gasteiger partial charge >= 0.3 is 0 Å². The minimum atomic E-state index is -0.121. The fraction of sp³-hybridized carbons (Fsp3) is 0.400. The maximum atomic E-state index is 12.8. The molecule has 0 amide bonds. The van der Waals surface area contributed by atoms with Crippen LogP contribution in [-0.2, 0) is 6.42 Å². The molecule has 0 bridgehead atoms. The molecule has 0 aliphatic carbocycles. The van der Waals surface area contributed by atoms with Gasteiger partial charge in [-0.3, -0.25) is 0 Å². The molecule has 1 aliphatic heterocycles. The summed E-state index contributed by atoms with van der Waals surface area (Å²) in [5.74, 6) is -0.121. The number of hydrogen-bond acceptors (Lipinski definition) is 1. The first-order valence-corrected chi connectivity index (χ1v) is 4.27. The smallest absolute Gasteiger partial charge is 0.123 e. The average molecular weight is 165 g/mol. The van der Waals surface area contributed by atoms with E-state index in [9.17, 15) is 4.39 Å². The Labute approximate surface area is 71.8 Å². The van der Waals surface area contributed by atoms with E-state index in [0.29, 0.717) is 0 Å². The Morgan fingerprint density at radius 1 is 1.42 bits per heavy atom. The predicted molar refractivity (Wildman–Crippen MR) is 48.0 cm³/mol. The quantitative estimate of drug-likeness (QED) is 0.569. The SMILES string of the molecule is CN1CCCc2cc(F)ccc21. The summed E-state index contributed by atoms with van der Waals surface area (Å²) in [5, 5.41) is 0. The average Bonchev–Trinajstić information content (AvgIpc) is 2.04. The molecule has 1 nitrogen and oxygen atoms in total. The predicted octanol–water partition coefficient (Wildman–Crippen LogP) is 2.21. The highest BCUT2D eigenvalue weighted by atomic mass is 19.1. The van der Waals surface area contributed by atoms with Crippen LogP contribution in [0.1, 0.15) is 12.0 Å². The van der Waals surface area contributed by atoms with Crippen molar-refractivity contribution in [3.05, 3.63) is 29.6 Å². The lowest BCUT2D eigenvalue weighted by molar-refractivity contribution is 0.621. The molecule has 0 saturated heterocycles. The highest BCUT2D eigenvalue weighted by Crippen LogP contribution is 2.25. The van der Waals surface area contributed by atoms with Crippen molar-refractivity contribution in [2.24, 2.45) is 0 Å². The van der Waals surface area contributed by atoms with Gasteiger partial charge in [0.15, 0.2) is 0 Å². The molecule has 1 aromatic carbocycles. The van der Waals surface area contributed by atoms with Crippen LogP contribution in [0.25, 0.3) is 0 Å². The lowest BCUT2D eigenvalue weighted by Gasteiger charge is -2.27. The van der Waals surface area contributed by atoms with E-state index in [1.54, 1.807) is 6.07 Å². The van der Waals surface area contributed by atoms with Gasteiger partial charge in [0.1, 0.15) is 5.82 Å². The van der Waals surface area contributed by atoms with Crippen molar-refractivity contribution in [3.8, 4) is 0 Å². The first kappa shape index (κ1) is 7.59. The summed E-state index contributed by atoms with van der Waals surface area (Å²) in [4.78, 5) is 2.18. The van der Waals surface area contributed by atoms with Gasteiger partial charge in [-0.1, -0.05) is 0 Å². The van der Waals surface area contributed by atoms with E-state index >= 15 is 0 Å². The number of aryl methyl sites for hydroxylation is 1. The second-order valence-corrected chi connectivity index (χ2v) is 3.30. The number of hydrogen-bond donors (Lipinski definition) is 0. The van der Waals surface area contributed by atoms with E-state index in [4.69, 9.17) is 0 Å². The minimum Gasteiger partial charge on any atom is -0.374 e. The molecule has 64 valence electrons. The third-order valence-corrected chi connectivity index (χ3v) is 2.39. The van der Waals surface area contributed by atoms with Crippen molar-refractivity contribution in [1.82, 2.24) is 0 Å². The number of fused-ring (bicyclic) bond motifs is 1. The second kappa shape index (κ2) is 2.77. The molecule has 1 heterocycles. The van der Waals surface area contributed by atoms with E-state index < -0.39 is 0 Å². The molecule has 1 aromatic rings. The summed E-state index contributed by atoms with van der Waals surface area (Å²) in [5.41, 5.74) is 2.33. The van der Waals surface area contributed by atoms with Gasteiger partial charge in [0, 0.05) is 19.3 Å². The molecule has 0 radical (unpaired) electrons. The largest absolute Gasteiger partial charge is 0.374 e. The first-order valence-electron chi connectivity index (χ1n) is 4.27. The maximum Gasteiger partial charge on any atom is 0.123 e. The standard InChI is InChI=1S/C10H12FN/c1-12-6-2-3-8-7-9(11)4-5-10(8)12/h4-5,7H,2-3,6H2,1H3. The number of halogens is 1. The highest BCUT2D eigenvalue weighted by Gasteiger charge is 2.13. The van der Waals surface area contributed by atoms with Gasteiger partial charge in [0.2, 0.25) is 0 Å². The number of anilines is 1. The van der Waals surface area contributed by atoms with Crippen molar-refractivity contribution in [2.45, 2.75) is 12.8 Å². The molecule has 2 heteroatoms. The van der Waals surface area contributed by atoms with Crippen LogP contribution in [-0.4, -0.2) is 13.6 Å². The van der Waals surface area contributed by atoms with E-state index in [0.717, 1.165) is 24.9 Å². The Morgan fingerprint density at radius 3 is 3.08 bits per heavy atom. The van der Waals surface area contributed by atoms with Crippen molar-refractivity contribution >= 4 is 5.69 Å². The normalized spacial score (nSPS) is 16.0. The minimum absolute atomic E-state index is 0.121. The van der Waals surface area contributed by atoms with Gasteiger partial charge in [-0.15, -0.1) is 0 Å². The van der Waals surface area contributed by atoms with E-state index in [2.05, 4.69) is 11.9 Å². The molecule has 0 saturated carbocycles. The monoisotopic (exact) mass is 165 g/mol. The molecule has 0 unspecified atom stereocenters. The lowest BCUT2D eigenvalue weighted by atomic mass is 10.0. The van der Waals surface area contributed by atoms with E-state index in [1.165, 1.54) is 11.8 Å². The molecule has 0 spiro atoms. The van der Waals surface area contributed by atoms with Gasteiger partial charge in [-0.2, -0.15) is 0 Å².